The van der Waals surface area contributed by atoms with Crippen LogP contribution in [-0.2, 0) is 9.53 Å². The van der Waals surface area contributed by atoms with Crippen molar-refractivity contribution in [2.75, 3.05) is 20.2 Å². The Hall–Kier alpha value is -0.610. The van der Waals surface area contributed by atoms with E-state index in [0.29, 0.717) is 12.6 Å². The summed E-state index contributed by atoms with van der Waals surface area (Å²) < 4.78 is 5.40. The molecule has 1 aliphatic carbocycles. The summed E-state index contributed by atoms with van der Waals surface area (Å²) >= 11 is 0. The van der Waals surface area contributed by atoms with E-state index in [4.69, 9.17) is 4.74 Å². The number of carbonyl (C=O) groups is 1. The van der Waals surface area contributed by atoms with E-state index < -0.39 is 0 Å². The van der Waals surface area contributed by atoms with Gasteiger partial charge in [0.15, 0.2) is 0 Å². The second kappa shape index (κ2) is 4.94. The zero-order valence-electron chi connectivity index (χ0n) is 11.2. The molecule has 17 heavy (non-hydrogen) atoms. The van der Waals surface area contributed by atoms with Crippen molar-refractivity contribution in [3.05, 3.63) is 0 Å². The molecule has 0 aromatic carbocycles. The maximum Gasteiger partial charge on any atom is 0.239 e. The molecule has 1 heterocycles. The fraction of sp³-hybridized carbons (Fsp3) is 0.923. The van der Waals surface area contributed by atoms with E-state index in [0.717, 1.165) is 19.4 Å². The van der Waals surface area contributed by atoms with Gasteiger partial charge in [-0.05, 0) is 39.5 Å². The average molecular weight is 240 g/mol. The molecule has 2 aliphatic rings. The Labute approximate surface area is 104 Å². The van der Waals surface area contributed by atoms with Gasteiger partial charge in [-0.3, -0.25) is 4.79 Å². The van der Waals surface area contributed by atoms with Crippen LogP contribution < -0.4 is 5.32 Å². The van der Waals surface area contributed by atoms with Crippen LogP contribution in [0.2, 0.25) is 0 Å². The normalized spacial score (nSPS) is 26.4. The second-order valence-corrected chi connectivity index (χ2v) is 5.86. The van der Waals surface area contributed by atoms with Crippen LogP contribution in [0.4, 0.5) is 0 Å². The average Bonchev–Trinajstić information content (AvgIpc) is 3.08. The van der Waals surface area contributed by atoms with Gasteiger partial charge in [-0.15, -0.1) is 0 Å². The number of hydrogen-bond donors (Lipinski definition) is 1. The van der Waals surface area contributed by atoms with E-state index in [1.54, 1.807) is 7.11 Å². The number of likely N-dealkylation sites (tertiary alicyclic amines) is 1. The molecular weight excluding hydrogens is 216 g/mol. The van der Waals surface area contributed by atoms with Gasteiger partial charge in [-0.1, -0.05) is 0 Å². The summed E-state index contributed by atoms with van der Waals surface area (Å²) in [4.78, 5) is 14.2. The zero-order valence-corrected chi connectivity index (χ0v) is 11.2. The van der Waals surface area contributed by atoms with E-state index in [1.807, 2.05) is 18.7 Å². The fourth-order valence-electron chi connectivity index (χ4n) is 2.31. The summed E-state index contributed by atoms with van der Waals surface area (Å²) in [7, 11) is 1.70. The Kier molecular flexibility index (Phi) is 3.73. The lowest BCUT2D eigenvalue weighted by atomic mass is 10.0. The minimum Gasteiger partial charge on any atom is -0.377 e. The number of methoxy groups -OCH3 is 1. The lowest BCUT2D eigenvalue weighted by Crippen LogP contribution is -2.54. The van der Waals surface area contributed by atoms with Crippen LogP contribution in [0, 0.1) is 0 Å². The fourth-order valence-corrected chi connectivity index (χ4v) is 2.31. The number of amides is 1. The van der Waals surface area contributed by atoms with Crippen molar-refractivity contribution >= 4 is 5.91 Å². The van der Waals surface area contributed by atoms with Gasteiger partial charge >= 0.3 is 0 Å². The Morgan fingerprint density at radius 1 is 1.41 bits per heavy atom. The quantitative estimate of drug-likeness (QED) is 0.784. The van der Waals surface area contributed by atoms with Crippen molar-refractivity contribution in [1.29, 1.82) is 0 Å². The van der Waals surface area contributed by atoms with Gasteiger partial charge in [0, 0.05) is 26.2 Å². The maximum absolute atomic E-state index is 12.3. The van der Waals surface area contributed by atoms with Crippen LogP contribution in [0.1, 0.15) is 39.5 Å². The first kappa shape index (κ1) is 12.8. The van der Waals surface area contributed by atoms with E-state index >= 15 is 0 Å². The van der Waals surface area contributed by atoms with Crippen molar-refractivity contribution < 1.29 is 9.53 Å². The minimum absolute atomic E-state index is 0.0453. The number of rotatable bonds is 5. The van der Waals surface area contributed by atoms with E-state index in [1.165, 1.54) is 12.8 Å². The number of hydrogen-bond acceptors (Lipinski definition) is 3. The van der Waals surface area contributed by atoms with Crippen LogP contribution >= 0.6 is 0 Å². The number of carbonyl (C=O) groups excluding carboxylic acids is 1. The van der Waals surface area contributed by atoms with Gasteiger partial charge in [-0.25, -0.2) is 0 Å². The number of piperidine rings is 1. The van der Waals surface area contributed by atoms with Crippen LogP contribution in [-0.4, -0.2) is 48.7 Å². The molecule has 2 rings (SSSR count). The summed E-state index contributed by atoms with van der Waals surface area (Å²) in [6, 6.07) is 0.642. The Bertz CT molecular complexity index is 287. The lowest BCUT2D eigenvalue weighted by Gasteiger charge is -2.37. The molecule has 1 saturated carbocycles. The van der Waals surface area contributed by atoms with Gasteiger partial charge in [0.2, 0.25) is 5.91 Å². The monoisotopic (exact) mass is 240 g/mol. The molecule has 1 N–H and O–H groups in total. The number of ether oxygens (including phenoxy) is 1. The van der Waals surface area contributed by atoms with Crippen molar-refractivity contribution in [3.8, 4) is 0 Å². The topological polar surface area (TPSA) is 41.6 Å². The van der Waals surface area contributed by atoms with Crippen LogP contribution in [0.25, 0.3) is 0 Å². The van der Waals surface area contributed by atoms with Crippen molar-refractivity contribution in [2.24, 2.45) is 0 Å². The molecule has 4 heteroatoms. The van der Waals surface area contributed by atoms with Gasteiger partial charge in [0.1, 0.15) is 0 Å². The van der Waals surface area contributed by atoms with Crippen molar-refractivity contribution in [2.45, 2.75) is 57.2 Å². The maximum atomic E-state index is 12.3. The molecule has 0 aromatic rings. The number of nitrogens with zero attached hydrogens (tertiary/aromatic N) is 1. The highest BCUT2D eigenvalue weighted by Crippen LogP contribution is 2.23. The Morgan fingerprint density at radius 2 is 2.12 bits per heavy atom. The van der Waals surface area contributed by atoms with Gasteiger partial charge in [-0.2, -0.15) is 0 Å². The first-order valence-corrected chi connectivity index (χ1v) is 6.62. The van der Waals surface area contributed by atoms with Crippen LogP contribution in [0.5, 0.6) is 0 Å². The predicted octanol–water partition coefficient (Wildman–Crippen LogP) is 1.15. The van der Waals surface area contributed by atoms with Crippen molar-refractivity contribution in [3.63, 3.8) is 0 Å². The molecule has 4 nitrogen and oxygen atoms in total. The molecule has 0 spiro atoms. The minimum atomic E-state index is -0.253. The molecule has 1 atom stereocenters. The smallest absolute Gasteiger partial charge is 0.239 e. The van der Waals surface area contributed by atoms with E-state index in [9.17, 15) is 4.79 Å². The van der Waals surface area contributed by atoms with E-state index in [-0.39, 0.29) is 17.6 Å². The van der Waals surface area contributed by atoms with Crippen molar-refractivity contribution in [1.82, 2.24) is 10.2 Å². The standard InChI is InChI=1S/C13H24N2O2/c1-13(2,17-3)9-15-8-4-5-11(12(15)16)14-10-6-7-10/h10-11,14H,4-9H2,1-3H3. The predicted molar refractivity (Wildman–Crippen MR) is 66.8 cm³/mol. The molecule has 0 radical (unpaired) electrons. The highest BCUT2D eigenvalue weighted by atomic mass is 16.5. The Balaban J connectivity index is 1.90. The lowest BCUT2D eigenvalue weighted by molar-refractivity contribution is -0.140. The highest BCUT2D eigenvalue weighted by molar-refractivity contribution is 5.82. The molecular formula is C13H24N2O2. The molecule has 98 valence electrons. The molecule has 1 saturated heterocycles. The van der Waals surface area contributed by atoms with Gasteiger partial charge < -0.3 is 15.0 Å². The third-order valence-corrected chi connectivity index (χ3v) is 3.67. The summed E-state index contributed by atoms with van der Waals surface area (Å²) in [6.45, 7) is 5.61. The van der Waals surface area contributed by atoms with Crippen LogP contribution in [0.3, 0.4) is 0 Å². The largest absolute Gasteiger partial charge is 0.377 e. The molecule has 1 aliphatic heterocycles. The second-order valence-electron chi connectivity index (χ2n) is 5.86. The van der Waals surface area contributed by atoms with E-state index in [2.05, 4.69) is 5.32 Å². The van der Waals surface area contributed by atoms with Gasteiger partial charge in [0.25, 0.3) is 0 Å². The third-order valence-electron chi connectivity index (χ3n) is 3.67. The summed E-state index contributed by atoms with van der Waals surface area (Å²) in [6.07, 6.45) is 4.54. The molecule has 2 fully saturated rings. The molecule has 0 bridgehead atoms. The third kappa shape index (κ3) is 3.42. The van der Waals surface area contributed by atoms with Crippen LogP contribution in [0.15, 0.2) is 0 Å². The zero-order chi connectivity index (χ0) is 12.5. The SMILES string of the molecule is COC(C)(C)CN1CCCC(NC2CC2)C1=O. The highest BCUT2D eigenvalue weighted by Gasteiger charge is 2.35. The first-order valence-electron chi connectivity index (χ1n) is 6.62. The Morgan fingerprint density at radius 3 is 2.71 bits per heavy atom. The summed E-state index contributed by atoms with van der Waals surface area (Å²) in [5, 5.41) is 3.44. The molecule has 0 aromatic heterocycles. The molecule has 1 amide bonds. The summed E-state index contributed by atoms with van der Waals surface area (Å²) in [5.41, 5.74) is -0.253. The first-order chi connectivity index (χ1) is 8.02. The number of nitrogens with one attached hydrogen (secondary N) is 1. The summed E-state index contributed by atoms with van der Waals surface area (Å²) in [5.74, 6) is 0.258. The molecule has 1 unspecified atom stereocenters. The van der Waals surface area contributed by atoms with Gasteiger partial charge in [0.05, 0.1) is 11.6 Å².